The van der Waals surface area contributed by atoms with Crippen LogP contribution in [0.25, 0.3) is 11.1 Å². The molecule has 0 saturated carbocycles. The van der Waals surface area contributed by atoms with Crippen LogP contribution in [0.1, 0.15) is 95.7 Å². The van der Waals surface area contributed by atoms with Crippen LogP contribution >= 0.6 is 0 Å². The second kappa shape index (κ2) is 7.38. The van der Waals surface area contributed by atoms with Gasteiger partial charge in [-0.05, 0) is 56.2 Å². The Morgan fingerprint density at radius 3 is 1.53 bits per heavy atom. The SMILES string of the molecule is Cc1cc(C(C)(C)C)c2c(c1)[Si](C)(C)C1(O2)c2cc(C(C)(C)C)ccc2-c2ccc(C(C)(C)C)cc21. The van der Waals surface area contributed by atoms with E-state index in [0.717, 1.165) is 5.75 Å². The van der Waals surface area contributed by atoms with Gasteiger partial charge in [0.05, 0.1) is 0 Å². The predicted molar refractivity (Wildman–Crippen MR) is 158 cm³/mol. The van der Waals surface area contributed by atoms with Crippen molar-refractivity contribution < 1.29 is 4.74 Å². The molecule has 1 aliphatic heterocycles. The lowest BCUT2D eigenvalue weighted by atomic mass is 9.84. The molecule has 0 atom stereocenters. The zero-order valence-corrected chi connectivity index (χ0v) is 25.5. The molecule has 5 rings (SSSR count). The summed E-state index contributed by atoms with van der Waals surface area (Å²) in [4.78, 5) is 0. The van der Waals surface area contributed by atoms with Crippen molar-refractivity contribution in [3.63, 3.8) is 0 Å². The molecule has 2 aliphatic rings. The van der Waals surface area contributed by atoms with Crippen molar-refractivity contribution >= 4 is 13.3 Å². The number of hydrogen-bond acceptors (Lipinski definition) is 1. The van der Waals surface area contributed by atoms with Crippen LogP contribution in [0.4, 0.5) is 0 Å². The molecule has 0 radical (unpaired) electrons. The fourth-order valence-corrected chi connectivity index (χ4v) is 10.2. The Kier molecular flexibility index (Phi) is 5.19. The predicted octanol–water partition coefficient (Wildman–Crippen LogP) is 8.66. The molecule has 0 bridgehead atoms. The fourth-order valence-electron chi connectivity index (χ4n) is 6.38. The van der Waals surface area contributed by atoms with E-state index in [0.29, 0.717) is 0 Å². The molecule has 0 fully saturated rings. The van der Waals surface area contributed by atoms with E-state index in [4.69, 9.17) is 4.74 Å². The van der Waals surface area contributed by atoms with Gasteiger partial charge >= 0.3 is 0 Å². The van der Waals surface area contributed by atoms with Gasteiger partial charge < -0.3 is 4.74 Å². The van der Waals surface area contributed by atoms with E-state index in [9.17, 15) is 0 Å². The molecule has 1 spiro atoms. The van der Waals surface area contributed by atoms with Crippen LogP contribution in [0.5, 0.6) is 5.75 Å². The van der Waals surface area contributed by atoms with Crippen LogP contribution in [-0.4, -0.2) is 8.07 Å². The Labute approximate surface area is 220 Å². The Bertz CT molecular complexity index is 1320. The normalized spacial score (nSPS) is 17.6. The van der Waals surface area contributed by atoms with Crippen molar-refractivity contribution in [3.8, 4) is 16.9 Å². The topological polar surface area (TPSA) is 9.23 Å². The average molecular weight is 497 g/mol. The Morgan fingerprint density at radius 1 is 0.639 bits per heavy atom. The van der Waals surface area contributed by atoms with Gasteiger partial charge in [-0.25, -0.2) is 0 Å². The van der Waals surface area contributed by atoms with E-state index in [1.807, 2.05) is 0 Å². The van der Waals surface area contributed by atoms with Gasteiger partial charge in [-0.15, -0.1) is 0 Å². The first-order valence-corrected chi connectivity index (χ1v) is 16.5. The molecule has 3 aromatic carbocycles. The van der Waals surface area contributed by atoms with E-state index in [-0.39, 0.29) is 16.2 Å². The summed E-state index contributed by atoms with van der Waals surface area (Å²) in [7, 11) is -2.21. The molecule has 3 aromatic rings. The number of fused-ring (bicyclic) bond motifs is 6. The number of hydrogen-bond donors (Lipinski definition) is 0. The molecule has 0 N–H and O–H groups in total. The quantitative estimate of drug-likeness (QED) is 0.283. The van der Waals surface area contributed by atoms with Crippen molar-refractivity contribution in [2.24, 2.45) is 0 Å². The van der Waals surface area contributed by atoms with E-state index < -0.39 is 13.3 Å². The van der Waals surface area contributed by atoms with E-state index in [1.54, 1.807) is 0 Å². The highest BCUT2D eigenvalue weighted by Gasteiger charge is 2.63. The van der Waals surface area contributed by atoms with Crippen LogP contribution < -0.4 is 9.92 Å². The highest BCUT2D eigenvalue weighted by molar-refractivity contribution is 6.94. The molecule has 1 heterocycles. The first-order valence-electron chi connectivity index (χ1n) is 13.5. The number of ether oxygens (including phenoxy) is 1. The second-order valence-corrected chi connectivity index (χ2v) is 19.4. The summed E-state index contributed by atoms with van der Waals surface area (Å²) in [6.45, 7) is 28.2. The maximum atomic E-state index is 7.53. The summed E-state index contributed by atoms with van der Waals surface area (Å²) in [5.41, 5.74) is 11.0. The maximum Gasteiger partial charge on any atom is 0.150 e. The summed E-state index contributed by atoms with van der Waals surface area (Å²) in [6.07, 6.45) is 0. The van der Waals surface area contributed by atoms with Gasteiger partial charge in [0, 0.05) is 11.1 Å². The third-order valence-electron chi connectivity index (χ3n) is 8.67. The van der Waals surface area contributed by atoms with Crippen molar-refractivity contribution in [1.29, 1.82) is 0 Å². The van der Waals surface area contributed by atoms with Crippen molar-refractivity contribution in [2.45, 2.75) is 104 Å². The lowest BCUT2D eigenvalue weighted by Gasteiger charge is -2.39. The molecular weight excluding hydrogens is 452 g/mol. The highest BCUT2D eigenvalue weighted by Crippen LogP contribution is 2.59. The molecule has 1 nitrogen and oxygen atoms in total. The van der Waals surface area contributed by atoms with E-state index in [2.05, 4.69) is 131 Å². The minimum absolute atomic E-state index is 0.0108. The Hall–Kier alpha value is -2.32. The fraction of sp³-hybridized carbons (Fsp3) is 0.471. The number of rotatable bonds is 0. The van der Waals surface area contributed by atoms with Crippen molar-refractivity contribution in [2.75, 3.05) is 0 Å². The van der Waals surface area contributed by atoms with Crippen molar-refractivity contribution in [3.05, 3.63) is 81.9 Å². The van der Waals surface area contributed by atoms with Crippen LogP contribution in [0.15, 0.2) is 48.5 Å². The molecule has 0 amide bonds. The number of aryl methyl sites for hydroxylation is 1. The van der Waals surface area contributed by atoms with Gasteiger partial charge in [0.1, 0.15) is 13.8 Å². The van der Waals surface area contributed by atoms with Crippen LogP contribution in [0, 0.1) is 6.92 Å². The molecule has 190 valence electrons. The van der Waals surface area contributed by atoms with Crippen LogP contribution in [0.3, 0.4) is 0 Å². The van der Waals surface area contributed by atoms with E-state index in [1.165, 1.54) is 49.7 Å². The smallest absolute Gasteiger partial charge is 0.150 e. The monoisotopic (exact) mass is 496 g/mol. The number of benzene rings is 3. The molecule has 2 heteroatoms. The van der Waals surface area contributed by atoms with E-state index >= 15 is 0 Å². The molecule has 0 aromatic heterocycles. The first-order chi connectivity index (χ1) is 16.4. The summed E-state index contributed by atoms with van der Waals surface area (Å²) in [5, 5.41) is 1.03. The van der Waals surface area contributed by atoms with Gasteiger partial charge in [-0.3, -0.25) is 0 Å². The molecule has 36 heavy (non-hydrogen) atoms. The maximum absolute atomic E-state index is 7.53. The Balaban J connectivity index is 1.90. The van der Waals surface area contributed by atoms with Gasteiger partial charge in [0.15, 0.2) is 5.22 Å². The summed E-state index contributed by atoms with van der Waals surface area (Å²) >= 11 is 0. The third kappa shape index (κ3) is 3.40. The minimum Gasteiger partial charge on any atom is -0.481 e. The zero-order chi connectivity index (χ0) is 26.6. The second-order valence-electron chi connectivity index (χ2n) is 14.9. The largest absolute Gasteiger partial charge is 0.481 e. The first kappa shape index (κ1) is 25.3. The molecule has 0 saturated heterocycles. The third-order valence-corrected chi connectivity index (χ3v) is 12.8. The van der Waals surface area contributed by atoms with Crippen molar-refractivity contribution in [1.82, 2.24) is 0 Å². The van der Waals surface area contributed by atoms with Gasteiger partial charge in [0.2, 0.25) is 0 Å². The summed E-state index contributed by atoms with van der Waals surface area (Å²) in [6, 6.07) is 19.2. The van der Waals surface area contributed by atoms with Gasteiger partial charge in [-0.2, -0.15) is 0 Å². The molecular formula is C34H44OSi. The molecule has 1 aliphatic carbocycles. The lowest BCUT2D eigenvalue weighted by molar-refractivity contribution is 0.203. The van der Waals surface area contributed by atoms with Gasteiger partial charge in [0.25, 0.3) is 0 Å². The van der Waals surface area contributed by atoms with Gasteiger partial charge in [-0.1, -0.05) is 130 Å². The average Bonchev–Trinajstić information content (AvgIpc) is 3.15. The minimum atomic E-state index is -2.21. The molecule has 0 unspecified atom stereocenters. The standard InChI is InChI=1S/C34H44OSi/c1-21-17-28(33(8,9)10)30-29(18-21)36(11,12)34(35-30)26-19-22(31(2,3)4)13-15-24(26)25-16-14-23(20-27(25)34)32(5,6)7/h13-20H,1-12H3. The zero-order valence-electron chi connectivity index (χ0n) is 24.5. The highest BCUT2D eigenvalue weighted by atomic mass is 28.3. The lowest BCUT2D eigenvalue weighted by Crippen LogP contribution is -2.57. The Morgan fingerprint density at radius 2 is 1.11 bits per heavy atom. The summed E-state index contributed by atoms with van der Waals surface area (Å²) in [5.74, 6) is 1.14. The summed E-state index contributed by atoms with van der Waals surface area (Å²) < 4.78 is 7.53. The van der Waals surface area contributed by atoms with Crippen LogP contribution in [0.2, 0.25) is 13.1 Å². The van der Waals surface area contributed by atoms with Crippen LogP contribution in [-0.2, 0) is 21.5 Å².